The Morgan fingerprint density at radius 3 is 2.84 bits per heavy atom. The molecule has 0 bridgehead atoms. The van der Waals surface area contributed by atoms with Crippen molar-refractivity contribution in [3.05, 3.63) is 46.5 Å². The highest BCUT2D eigenvalue weighted by Gasteiger charge is 2.17. The first-order valence-corrected chi connectivity index (χ1v) is 6.51. The predicted molar refractivity (Wildman–Crippen MR) is 72.5 cm³/mol. The van der Waals surface area contributed by atoms with Crippen molar-refractivity contribution in [3.8, 4) is 0 Å². The molecule has 1 aromatic carbocycles. The molecule has 2 rings (SSSR count). The number of halogens is 2. The smallest absolute Gasteiger partial charge is 0.129 e. The molecule has 0 amide bonds. The van der Waals surface area contributed by atoms with E-state index in [9.17, 15) is 4.39 Å². The van der Waals surface area contributed by atoms with Crippen LogP contribution in [0.3, 0.4) is 0 Å². The van der Waals surface area contributed by atoms with Gasteiger partial charge in [0.05, 0.1) is 5.69 Å². The monoisotopic (exact) mass is 282 g/mol. The van der Waals surface area contributed by atoms with Gasteiger partial charge in [-0.05, 0) is 18.7 Å². The van der Waals surface area contributed by atoms with E-state index in [2.05, 4.69) is 15.6 Å². The number of aryl methyl sites for hydroxylation is 1. The van der Waals surface area contributed by atoms with Crippen molar-refractivity contribution >= 4 is 11.6 Å². The van der Waals surface area contributed by atoms with E-state index >= 15 is 0 Å². The predicted octanol–water partition coefficient (Wildman–Crippen LogP) is 2.50. The van der Waals surface area contributed by atoms with Gasteiger partial charge in [0, 0.05) is 36.3 Å². The SMILES string of the molecule is CCNC(Cc1cn(C)nn1)c1ccc(Cl)cc1F. The Hall–Kier alpha value is -1.46. The minimum Gasteiger partial charge on any atom is -0.310 e. The third-order valence-electron chi connectivity index (χ3n) is 2.85. The van der Waals surface area contributed by atoms with E-state index in [-0.39, 0.29) is 11.9 Å². The summed E-state index contributed by atoms with van der Waals surface area (Å²) >= 11 is 5.78. The van der Waals surface area contributed by atoms with Crippen molar-refractivity contribution in [2.45, 2.75) is 19.4 Å². The normalized spacial score (nSPS) is 12.6. The van der Waals surface area contributed by atoms with Crippen LogP contribution >= 0.6 is 11.6 Å². The van der Waals surface area contributed by atoms with E-state index in [0.29, 0.717) is 17.0 Å². The Morgan fingerprint density at radius 2 is 2.26 bits per heavy atom. The average molecular weight is 283 g/mol. The van der Waals surface area contributed by atoms with Crippen LogP contribution in [0, 0.1) is 5.82 Å². The van der Waals surface area contributed by atoms with Gasteiger partial charge in [0.25, 0.3) is 0 Å². The molecule has 1 atom stereocenters. The quantitative estimate of drug-likeness (QED) is 0.916. The number of nitrogens with one attached hydrogen (secondary N) is 1. The van der Waals surface area contributed by atoms with Crippen LogP contribution in [0.2, 0.25) is 5.02 Å². The van der Waals surface area contributed by atoms with Crippen LogP contribution in [0.4, 0.5) is 4.39 Å². The van der Waals surface area contributed by atoms with Crippen molar-refractivity contribution in [1.82, 2.24) is 20.3 Å². The summed E-state index contributed by atoms with van der Waals surface area (Å²) in [4.78, 5) is 0. The molecule has 0 radical (unpaired) electrons. The Balaban J connectivity index is 2.23. The fourth-order valence-corrected chi connectivity index (χ4v) is 2.18. The molecule has 19 heavy (non-hydrogen) atoms. The van der Waals surface area contributed by atoms with Gasteiger partial charge >= 0.3 is 0 Å². The number of hydrogen-bond donors (Lipinski definition) is 1. The van der Waals surface area contributed by atoms with Gasteiger partial charge in [0.1, 0.15) is 5.82 Å². The number of benzene rings is 1. The summed E-state index contributed by atoms with van der Waals surface area (Å²) < 4.78 is 15.6. The van der Waals surface area contributed by atoms with E-state index < -0.39 is 0 Å². The molecule has 0 saturated carbocycles. The van der Waals surface area contributed by atoms with Crippen molar-refractivity contribution < 1.29 is 4.39 Å². The number of nitrogens with zero attached hydrogens (tertiary/aromatic N) is 3. The average Bonchev–Trinajstić information content (AvgIpc) is 2.74. The van der Waals surface area contributed by atoms with Gasteiger partial charge in [-0.2, -0.15) is 0 Å². The van der Waals surface area contributed by atoms with Crippen molar-refractivity contribution in [2.24, 2.45) is 7.05 Å². The number of aromatic nitrogens is 3. The van der Waals surface area contributed by atoms with Gasteiger partial charge in [-0.3, -0.25) is 4.68 Å². The molecule has 1 N–H and O–H groups in total. The molecular weight excluding hydrogens is 267 g/mol. The topological polar surface area (TPSA) is 42.7 Å². The second-order valence-electron chi connectivity index (χ2n) is 4.36. The van der Waals surface area contributed by atoms with Crippen LogP contribution in [0.5, 0.6) is 0 Å². The maximum Gasteiger partial charge on any atom is 0.129 e. The highest BCUT2D eigenvalue weighted by atomic mass is 35.5. The molecule has 6 heteroatoms. The van der Waals surface area contributed by atoms with Crippen molar-refractivity contribution in [1.29, 1.82) is 0 Å². The summed E-state index contributed by atoms with van der Waals surface area (Å²) in [6, 6.07) is 4.60. The zero-order valence-electron chi connectivity index (χ0n) is 10.9. The summed E-state index contributed by atoms with van der Waals surface area (Å²) in [5, 5.41) is 11.6. The number of hydrogen-bond acceptors (Lipinski definition) is 3. The molecule has 0 aliphatic carbocycles. The number of rotatable bonds is 5. The maximum atomic E-state index is 14.0. The Labute approximate surface area is 116 Å². The number of likely N-dealkylation sites (N-methyl/N-ethyl adjacent to an activating group) is 1. The Morgan fingerprint density at radius 1 is 1.47 bits per heavy atom. The minimum atomic E-state index is -0.303. The van der Waals surface area contributed by atoms with Crippen molar-refractivity contribution in [2.75, 3.05) is 6.54 Å². The zero-order chi connectivity index (χ0) is 13.8. The third kappa shape index (κ3) is 3.52. The summed E-state index contributed by atoms with van der Waals surface area (Å²) in [5.74, 6) is -0.303. The first-order valence-electron chi connectivity index (χ1n) is 6.13. The van der Waals surface area contributed by atoms with Crippen LogP contribution in [-0.4, -0.2) is 21.5 Å². The molecule has 1 heterocycles. The van der Waals surface area contributed by atoms with Crippen LogP contribution in [0.25, 0.3) is 0 Å². The summed E-state index contributed by atoms with van der Waals surface area (Å²) in [6.45, 7) is 2.73. The fraction of sp³-hybridized carbons (Fsp3) is 0.385. The van der Waals surface area contributed by atoms with Crippen LogP contribution < -0.4 is 5.32 Å². The molecule has 1 aromatic heterocycles. The molecule has 102 valence electrons. The fourth-order valence-electron chi connectivity index (χ4n) is 2.02. The van der Waals surface area contributed by atoms with Crippen LogP contribution in [0.15, 0.2) is 24.4 Å². The second-order valence-corrected chi connectivity index (χ2v) is 4.80. The minimum absolute atomic E-state index is 0.140. The van der Waals surface area contributed by atoms with Gasteiger partial charge in [0.15, 0.2) is 0 Å². The molecule has 0 fully saturated rings. The molecule has 0 spiro atoms. The van der Waals surface area contributed by atoms with E-state index in [0.717, 1.165) is 12.2 Å². The maximum absolute atomic E-state index is 14.0. The molecule has 0 saturated heterocycles. The van der Waals surface area contributed by atoms with Crippen molar-refractivity contribution in [3.63, 3.8) is 0 Å². The standard InChI is InChI=1S/C13H16ClFN4/c1-3-16-13(7-10-8-19(2)18-17-10)11-5-4-9(14)6-12(11)15/h4-6,8,13,16H,3,7H2,1-2H3. The molecular formula is C13H16ClFN4. The summed E-state index contributed by atoms with van der Waals surface area (Å²) in [6.07, 6.45) is 2.42. The summed E-state index contributed by atoms with van der Waals surface area (Å²) in [7, 11) is 1.81. The lowest BCUT2D eigenvalue weighted by molar-refractivity contribution is 0.506. The molecule has 4 nitrogen and oxygen atoms in total. The van der Waals surface area contributed by atoms with Gasteiger partial charge in [0.2, 0.25) is 0 Å². The Bertz CT molecular complexity index is 555. The second kappa shape index (κ2) is 6.12. The van der Waals surface area contributed by atoms with Gasteiger partial charge in [-0.15, -0.1) is 5.10 Å². The van der Waals surface area contributed by atoms with Crippen LogP contribution in [0.1, 0.15) is 24.2 Å². The molecule has 1 unspecified atom stereocenters. The van der Waals surface area contributed by atoms with E-state index in [1.807, 2.05) is 20.2 Å². The highest BCUT2D eigenvalue weighted by molar-refractivity contribution is 6.30. The van der Waals surface area contributed by atoms with Gasteiger partial charge in [-0.25, -0.2) is 4.39 Å². The largest absolute Gasteiger partial charge is 0.310 e. The lowest BCUT2D eigenvalue weighted by Gasteiger charge is -2.18. The molecule has 0 aliphatic heterocycles. The lowest BCUT2D eigenvalue weighted by atomic mass is 10.0. The highest BCUT2D eigenvalue weighted by Crippen LogP contribution is 2.23. The van der Waals surface area contributed by atoms with E-state index in [1.54, 1.807) is 16.8 Å². The van der Waals surface area contributed by atoms with Crippen LogP contribution in [-0.2, 0) is 13.5 Å². The third-order valence-corrected chi connectivity index (χ3v) is 3.09. The van der Waals surface area contributed by atoms with E-state index in [1.165, 1.54) is 6.07 Å². The summed E-state index contributed by atoms with van der Waals surface area (Å²) in [5.41, 5.74) is 1.42. The molecule has 2 aromatic rings. The zero-order valence-corrected chi connectivity index (χ0v) is 11.7. The molecule has 0 aliphatic rings. The van der Waals surface area contributed by atoms with Gasteiger partial charge < -0.3 is 5.32 Å². The Kier molecular flexibility index (Phi) is 4.50. The first-order chi connectivity index (χ1) is 9.10. The van der Waals surface area contributed by atoms with Gasteiger partial charge in [-0.1, -0.05) is 29.8 Å². The lowest BCUT2D eigenvalue weighted by Crippen LogP contribution is -2.24. The first kappa shape index (κ1) is 14.0. The van der Waals surface area contributed by atoms with E-state index in [4.69, 9.17) is 11.6 Å².